The second kappa shape index (κ2) is 8.92. The summed E-state index contributed by atoms with van der Waals surface area (Å²) in [6.07, 6.45) is 12.1. The highest BCUT2D eigenvalue weighted by Gasteiger charge is 2.20. The van der Waals surface area contributed by atoms with Crippen molar-refractivity contribution in [3.8, 4) is 34.0 Å². The van der Waals surface area contributed by atoms with Crippen LogP contribution in [0.5, 0.6) is 0 Å². The van der Waals surface area contributed by atoms with E-state index in [1.54, 1.807) is 0 Å². The number of hydrogen-bond acceptors (Lipinski definition) is 7. The number of hydrogen-bond donors (Lipinski definition) is 4. The molecule has 7 rings (SSSR count). The van der Waals surface area contributed by atoms with Gasteiger partial charge in [-0.3, -0.25) is 4.98 Å². The summed E-state index contributed by atoms with van der Waals surface area (Å²) >= 11 is 0. The zero-order valence-corrected chi connectivity index (χ0v) is 19.8. The van der Waals surface area contributed by atoms with Gasteiger partial charge in [0.1, 0.15) is 17.3 Å². The van der Waals surface area contributed by atoms with Gasteiger partial charge in [0.25, 0.3) is 0 Å². The summed E-state index contributed by atoms with van der Waals surface area (Å²) in [6, 6.07) is 10.8. The third kappa shape index (κ3) is 3.96. The Bertz CT molecular complexity index is 1510. The van der Waals surface area contributed by atoms with Crippen molar-refractivity contribution in [2.75, 3.05) is 13.1 Å². The quantitative estimate of drug-likeness (QED) is 0.297. The van der Waals surface area contributed by atoms with E-state index in [1.807, 2.05) is 43.0 Å². The largest absolute Gasteiger partial charge is 0.341 e. The maximum atomic E-state index is 4.77. The summed E-state index contributed by atoms with van der Waals surface area (Å²) in [5, 5.41) is 7.94. The molecule has 0 saturated carbocycles. The molecule has 2 atom stereocenters. The molecule has 9 heteroatoms. The van der Waals surface area contributed by atoms with Gasteiger partial charge in [-0.05, 0) is 63.0 Å². The first-order chi connectivity index (χ1) is 17.8. The number of nitrogens with one attached hydrogen (secondary N) is 4. The Kier molecular flexibility index (Phi) is 5.29. The van der Waals surface area contributed by atoms with Gasteiger partial charge in [-0.15, -0.1) is 0 Å². The topological polar surface area (TPSA) is 120 Å². The summed E-state index contributed by atoms with van der Waals surface area (Å²) in [6.45, 7) is 2.10. The molecule has 0 radical (unpaired) electrons. The normalized spacial score (nSPS) is 19.9. The lowest BCUT2D eigenvalue weighted by atomic mass is 10.1. The van der Waals surface area contributed by atoms with E-state index >= 15 is 0 Å². The van der Waals surface area contributed by atoms with Crippen molar-refractivity contribution in [1.29, 1.82) is 0 Å². The minimum Gasteiger partial charge on any atom is -0.341 e. The van der Waals surface area contributed by atoms with Crippen LogP contribution < -0.4 is 10.6 Å². The first-order valence-corrected chi connectivity index (χ1v) is 12.6. The van der Waals surface area contributed by atoms with E-state index in [4.69, 9.17) is 4.98 Å². The molecule has 0 amide bonds. The highest BCUT2D eigenvalue weighted by atomic mass is 15.0. The summed E-state index contributed by atoms with van der Waals surface area (Å²) in [4.78, 5) is 30.1. The molecule has 0 spiro atoms. The molecule has 4 aromatic heterocycles. The van der Waals surface area contributed by atoms with E-state index in [1.165, 1.54) is 12.8 Å². The second-order valence-electron chi connectivity index (χ2n) is 9.56. The number of benzene rings is 1. The molecule has 0 bridgehead atoms. The number of aromatic amines is 2. The Hall–Kier alpha value is -3.95. The van der Waals surface area contributed by atoms with Crippen molar-refractivity contribution >= 4 is 10.9 Å². The van der Waals surface area contributed by atoms with Gasteiger partial charge in [0.2, 0.25) is 0 Å². The van der Waals surface area contributed by atoms with E-state index < -0.39 is 0 Å². The van der Waals surface area contributed by atoms with Crippen LogP contribution in [-0.4, -0.2) is 48.0 Å². The zero-order chi connectivity index (χ0) is 23.9. The lowest BCUT2D eigenvalue weighted by molar-refractivity contribution is 0.613. The highest BCUT2D eigenvalue weighted by Crippen LogP contribution is 2.28. The van der Waals surface area contributed by atoms with Crippen molar-refractivity contribution in [1.82, 2.24) is 45.5 Å². The Labute approximate surface area is 208 Å². The standard InChI is InChI=1S/C27H27N9/c1-3-20(28-9-1)25-32-14-23(35-25)16-5-7-19-18(11-16)13-31-27(34-19)22-8-6-17(12-30-22)24-15-33-26(36-24)21-4-2-10-29-21/h5-8,11-15,20-21,28-29H,1-4,9-10H2,(H,32,35)(H,33,36)/t20-,21-/m0/s1. The molecule has 4 N–H and O–H groups in total. The summed E-state index contributed by atoms with van der Waals surface area (Å²) in [5.41, 5.74) is 5.67. The van der Waals surface area contributed by atoms with Gasteiger partial charge in [0.05, 0.1) is 41.4 Å². The summed E-state index contributed by atoms with van der Waals surface area (Å²) < 4.78 is 0. The van der Waals surface area contributed by atoms with Gasteiger partial charge in [-0.25, -0.2) is 19.9 Å². The first-order valence-electron chi connectivity index (χ1n) is 12.6. The number of rotatable bonds is 5. The van der Waals surface area contributed by atoms with E-state index in [-0.39, 0.29) is 0 Å². The van der Waals surface area contributed by atoms with Gasteiger partial charge in [0.15, 0.2) is 5.82 Å². The molecule has 180 valence electrons. The van der Waals surface area contributed by atoms with Crippen LogP contribution >= 0.6 is 0 Å². The lowest BCUT2D eigenvalue weighted by Gasteiger charge is -2.06. The predicted octanol–water partition coefficient (Wildman–Crippen LogP) is 4.32. The number of pyridine rings is 1. The monoisotopic (exact) mass is 477 g/mol. The second-order valence-corrected chi connectivity index (χ2v) is 9.56. The minimum atomic E-state index is 0.317. The van der Waals surface area contributed by atoms with Gasteiger partial charge < -0.3 is 20.6 Å². The van der Waals surface area contributed by atoms with Crippen LogP contribution in [0.2, 0.25) is 0 Å². The van der Waals surface area contributed by atoms with Crippen LogP contribution in [0.15, 0.2) is 55.1 Å². The fourth-order valence-corrected chi connectivity index (χ4v) is 5.17. The van der Waals surface area contributed by atoms with Crippen molar-refractivity contribution in [2.45, 2.75) is 37.8 Å². The van der Waals surface area contributed by atoms with Gasteiger partial charge in [0, 0.05) is 28.9 Å². The van der Waals surface area contributed by atoms with Crippen molar-refractivity contribution in [3.05, 3.63) is 66.8 Å². The van der Waals surface area contributed by atoms with E-state index in [9.17, 15) is 0 Å². The Morgan fingerprint density at radius 3 is 2.00 bits per heavy atom. The van der Waals surface area contributed by atoms with Crippen LogP contribution in [0, 0.1) is 0 Å². The van der Waals surface area contributed by atoms with Crippen LogP contribution in [0.3, 0.4) is 0 Å². The molecule has 2 aliphatic rings. The SMILES string of the molecule is c1cc(-c2ncc3cc(-c4cnc([C@@H]5CCCN5)[nH]4)ccc3n2)ncc1-c1cnc([C@@H]2CCCN2)[nH]1. The van der Waals surface area contributed by atoms with Crippen LogP contribution in [0.25, 0.3) is 44.9 Å². The van der Waals surface area contributed by atoms with Gasteiger partial charge in [-0.1, -0.05) is 6.07 Å². The maximum absolute atomic E-state index is 4.77. The summed E-state index contributed by atoms with van der Waals surface area (Å²) in [5.74, 6) is 2.61. The number of aromatic nitrogens is 7. The average molecular weight is 478 g/mol. The number of fused-ring (bicyclic) bond motifs is 1. The summed E-state index contributed by atoms with van der Waals surface area (Å²) in [7, 11) is 0. The van der Waals surface area contributed by atoms with Gasteiger partial charge >= 0.3 is 0 Å². The molecule has 1 aromatic carbocycles. The molecule has 5 aromatic rings. The minimum absolute atomic E-state index is 0.317. The first kappa shape index (κ1) is 21.3. The maximum Gasteiger partial charge on any atom is 0.178 e. The molecule has 2 aliphatic heterocycles. The third-order valence-electron chi connectivity index (χ3n) is 7.17. The average Bonchev–Trinajstić information content (AvgIpc) is 3.75. The van der Waals surface area contributed by atoms with E-state index in [0.717, 1.165) is 76.7 Å². The molecule has 2 fully saturated rings. The fourth-order valence-electron chi connectivity index (χ4n) is 5.17. The molecule has 36 heavy (non-hydrogen) atoms. The molecule has 2 saturated heterocycles. The van der Waals surface area contributed by atoms with E-state index in [2.05, 4.69) is 52.7 Å². The zero-order valence-electron chi connectivity index (χ0n) is 19.8. The molecule has 9 nitrogen and oxygen atoms in total. The molecular formula is C27H27N9. The Balaban J connectivity index is 1.11. The fraction of sp³-hybridized carbons (Fsp3) is 0.296. The molecular weight excluding hydrogens is 450 g/mol. The van der Waals surface area contributed by atoms with Gasteiger partial charge in [-0.2, -0.15) is 0 Å². The predicted molar refractivity (Wildman–Crippen MR) is 138 cm³/mol. The van der Waals surface area contributed by atoms with Crippen molar-refractivity contribution in [3.63, 3.8) is 0 Å². The van der Waals surface area contributed by atoms with Crippen molar-refractivity contribution < 1.29 is 0 Å². The number of imidazole rings is 2. The van der Waals surface area contributed by atoms with E-state index in [0.29, 0.717) is 17.9 Å². The number of H-pyrrole nitrogens is 2. The Morgan fingerprint density at radius 1 is 0.667 bits per heavy atom. The third-order valence-corrected chi connectivity index (χ3v) is 7.17. The smallest absolute Gasteiger partial charge is 0.178 e. The number of nitrogens with zero attached hydrogens (tertiary/aromatic N) is 5. The lowest BCUT2D eigenvalue weighted by Crippen LogP contribution is -2.14. The molecule has 0 aliphatic carbocycles. The van der Waals surface area contributed by atoms with Crippen LogP contribution in [0.1, 0.15) is 49.4 Å². The Morgan fingerprint density at radius 2 is 1.36 bits per heavy atom. The highest BCUT2D eigenvalue weighted by molar-refractivity contribution is 5.84. The van der Waals surface area contributed by atoms with Crippen LogP contribution in [0.4, 0.5) is 0 Å². The molecule has 0 unspecified atom stereocenters. The molecule has 6 heterocycles. The van der Waals surface area contributed by atoms with Crippen molar-refractivity contribution in [2.24, 2.45) is 0 Å². The van der Waals surface area contributed by atoms with Crippen LogP contribution in [-0.2, 0) is 0 Å².